The number of carbonyl (C=O) groups excluding carboxylic acids is 1. The van der Waals surface area contributed by atoms with Gasteiger partial charge in [-0.2, -0.15) is 0 Å². The average molecular weight is 381 g/mol. The van der Waals surface area contributed by atoms with Crippen LogP contribution in [0, 0.1) is 6.92 Å². The molecule has 146 valence electrons. The monoisotopic (exact) mass is 381 g/mol. The van der Waals surface area contributed by atoms with Crippen molar-refractivity contribution in [3.8, 4) is 5.75 Å². The fourth-order valence-corrected chi connectivity index (χ4v) is 2.99. The first-order valence-corrected chi connectivity index (χ1v) is 9.11. The summed E-state index contributed by atoms with van der Waals surface area (Å²) in [6.45, 7) is 3.00. The normalized spacial score (nSPS) is 10.8. The van der Waals surface area contributed by atoms with E-state index in [1.165, 1.54) is 4.57 Å². The van der Waals surface area contributed by atoms with Crippen molar-refractivity contribution in [3.05, 3.63) is 74.9 Å². The van der Waals surface area contributed by atoms with Crippen LogP contribution in [0.5, 0.6) is 5.75 Å². The topological polar surface area (TPSA) is 84.4 Å². The highest BCUT2D eigenvalue weighted by atomic mass is 16.5. The summed E-state index contributed by atoms with van der Waals surface area (Å²) >= 11 is 0. The number of aryl methyl sites for hydroxylation is 2. The Morgan fingerprint density at radius 1 is 1.14 bits per heavy atom. The molecule has 0 bridgehead atoms. The Morgan fingerprint density at radius 2 is 1.93 bits per heavy atom. The van der Waals surface area contributed by atoms with Gasteiger partial charge in [-0.25, -0.2) is 4.79 Å². The SMILES string of the molecule is Cc1cccc(OCCN(C)C(=O)CCn2c(=O)[nH]c(=O)c3ccccc32)c1. The van der Waals surface area contributed by atoms with Crippen molar-refractivity contribution in [3.63, 3.8) is 0 Å². The zero-order chi connectivity index (χ0) is 20.1. The molecular formula is C21H23N3O4. The number of hydrogen-bond donors (Lipinski definition) is 1. The molecule has 7 heteroatoms. The van der Waals surface area contributed by atoms with Gasteiger partial charge in [0.25, 0.3) is 5.56 Å². The van der Waals surface area contributed by atoms with Gasteiger partial charge >= 0.3 is 5.69 Å². The van der Waals surface area contributed by atoms with E-state index in [0.29, 0.717) is 24.1 Å². The number of hydrogen-bond acceptors (Lipinski definition) is 4. The summed E-state index contributed by atoms with van der Waals surface area (Å²) in [6.07, 6.45) is 0.150. The van der Waals surface area contributed by atoms with Gasteiger partial charge in [0.2, 0.25) is 5.91 Å². The van der Waals surface area contributed by atoms with E-state index in [1.54, 1.807) is 36.2 Å². The largest absolute Gasteiger partial charge is 0.492 e. The minimum atomic E-state index is -0.512. The fraction of sp³-hybridized carbons (Fsp3) is 0.286. The second-order valence-corrected chi connectivity index (χ2v) is 6.66. The Labute approximate surface area is 162 Å². The molecule has 28 heavy (non-hydrogen) atoms. The number of benzene rings is 2. The first kappa shape index (κ1) is 19.4. The van der Waals surface area contributed by atoms with Crippen molar-refractivity contribution in [1.29, 1.82) is 0 Å². The lowest BCUT2D eigenvalue weighted by molar-refractivity contribution is -0.130. The van der Waals surface area contributed by atoms with E-state index in [0.717, 1.165) is 11.3 Å². The van der Waals surface area contributed by atoms with Crippen molar-refractivity contribution in [1.82, 2.24) is 14.5 Å². The third kappa shape index (κ3) is 4.49. The van der Waals surface area contributed by atoms with Gasteiger partial charge in [-0.05, 0) is 36.8 Å². The molecule has 0 saturated carbocycles. The third-order valence-electron chi connectivity index (χ3n) is 4.57. The van der Waals surface area contributed by atoms with Gasteiger partial charge in [0, 0.05) is 20.0 Å². The van der Waals surface area contributed by atoms with E-state index in [1.807, 2.05) is 31.2 Å². The summed E-state index contributed by atoms with van der Waals surface area (Å²) in [6, 6.07) is 14.6. The molecule has 0 saturated heterocycles. The molecule has 3 rings (SSSR count). The summed E-state index contributed by atoms with van der Waals surface area (Å²) in [4.78, 5) is 40.3. The fourth-order valence-electron chi connectivity index (χ4n) is 2.99. The van der Waals surface area contributed by atoms with Gasteiger partial charge in [0.1, 0.15) is 12.4 Å². The standard InChI is InChI=1S/C21H23N3O4/c1-15-6-5-7-16(14-15)28-13-12-23(2)19(25)10-11-24-18-9-4-3-8-17(18)20(26)22-21(24)27/h3-9,14H,10-13H2,1-2H3,(H,22,26,27). The van der Waals surface area contributed by atoms with E-state index in [9.17, 15) is 14.4 Å². The van der Waals surface area contributed by atoms with Gasteiger partial charge < -0.3 is 9.64 Å². The second-order valence-electron chi connectivity index (χ2n) is 6.66. The van der Waals surface area contributed by atoms with E-state index in [4.69, 9.17) is 4.74 Å². The van der Waals surface area contributed by atoms with Crippen LogP contribution in [0.2, 0.25) is 0 Å². The van der Waals surface area contributed by atoms with E-state index in [2.05, 4.69) is 4.98 Å². The average Bonchev–Trinajstić information content (AvgIpc) is 2.67. The highest BCUT2D eigenvalue weighted by Gasteiger charge is 2.12. The molecule has 0 spiro atoms. The molecule has 7 nitrogen and oxygen atoms in total. The van der Waals surface area contributed by atoms with Gasteiger partial charge in [0.05, 0.1) is 17.4 Å². The van der Waals surface area contributed by atoms with Crippen LogP contribution in [0.15, 0.2) is 58.1 Å². The molecule has 0 radical (unpaired) electrons. The number of aromatic amines is 1. The Morgan fingerprint density at radius 3 is 2.71 bits per heavy atom. The molecule has 0 aliphatic rings. The van der Waals surface area contributed by atoms with E-state index < -0.39 is 11.2 Å². The maximum Gasteiger partial charge on any atom is 0.328 e. The van der Waals surface area contributed by atoms with Crippen LogP contribution in [0.3, 0.4) is 0 Å². The first-order chi connectivity index (χ1) is 13.5. The molecule has 3 aromatic rings. The number of carbonyl (C=O) groups is 1. The number of nitrogens with zero attached hydrogens (tertiary/aromatic N) is 2. The molecule has 1 heterocycles. The molecule has 2 aromatic carbocycles. The van der Waals surface area contributed by atoms with Crippen LogP contribution in [0.4, 0.5) is 0 Å². The predicted molar refractivity (Wildman–Crippen MR) is 108 cm³/mol. The quantitative estimate of drug-likeness (QED) is 0.678. The minimum Gasteiger partial charge on any atom is -0.492 e. The Hall–Kier alpha value is -3.35. The van der Waals surface area contributed by atoms with Crippen LogP contribution in [0.1, 0.15) is 12.0 Å². The molecular weight excluding hydrogens is 358 g/mol. The number of nitrogens with one attached hydrogen (secondary N) is 1. The number of H-pyrrole nitrogens is 1. The maximum atomic E-state index is 12.4. The highest BCUT2D eigenvalue weighted by Crippen LogP contribution is 2.12. The number of rotatable bonds is 7. The van der Waals surface area contributed by atoms with Crippen LogP contribution in [0.25, 0.3) is 10.9 Å². The van der Waals surface area contributed by atoms with Crippen LogP contribution < -0.4 is 16.0 Å². The predicted octanol–water partition coefficient (Wildman–Crippen LogP) is 1.93. The number of likely N-dealkylation sites (N-methyl/N-ethyl adjacent to an activating group) is 1. The molecule has 0 fully saturated rings. The van der Waals surface area contributed by atoms with Crippen LogP contribution in [-0.4, -0.2) is 40.6 Å². The van der Waals surface area contributed by atoms with E-state index in [-0.39, 0.29) is 18.9 Å². The number of fused-ring (bicyclic) bond motifs is 1. The highest BCUT2D eigenvalue weighted by molar-refractivity contribution is 5.78. The lowest BCUT2D eigenvalue weighted by Gasteiger charge is -2.18. The summed E-state index contributed by atoms with van der Waals surface area (Å²) in [5.41, 5.74) is 0.700. The zero-order valence-corrected chi connectivity index (χ0v) is 16.0. The molecule has 0 aliphatic heterocycles. The number of amides is 1. The van der Waals surface area contributed by atoms with Crippen LogP contribution in [-0.2, 0) is 11.3 Å². The Kier molecular flexibility index (Phi) is 5.93. The van der Waals surface area contributed by atoms with Crippen molar-refractivity contribution < 1.29 is 9.53 Å². The van der Waals surface area contributed by atoms with Gasteiger partial charge in [-0.3, -0.25) is 19.1 Å². The van der Waals surface area contributed by atoms with Crippen molar-refractivity contribution in [2.45, 2.75) is 19.9 Å². The summed E-state index contributed by atoms with van der Waals surface area (Å²) in [7, 11) is 1.70. The maximum absolute atomic E-state index is 12.4. The number of aromatic nitrogens is 2. The summed E-state index contributed by atoms with van der Waals surface area (Å²) in [5.74, 6) is 0.669. The van der Waals surface area contributed by atoms with Crippen molar-refractivity contribution in [2.75, 3.05) is 20.2 Å². The molecule has 0 unspecified atom stereocenters. The lowest BCUT2D eigenvalue weighted by Crippen LogP contribution is -2.34. The first-order valence-electron chi connectivity index (χ1n) is 9.11. The van der Waals surface area contributed by atoms with Crippen molar-refractivity contribution >= 4 is 16.8 Å². The Balaban J connectivity index is 1.59. The van der Waals surface area contributed by atoms with E-state index >= 15 is 0 Å². The van der Waals surface area contributed by atoms with Gasteiger partial charge in [-0.1, -0.05) is 24.3 Å². The van der Waals surface area contributed by atoms with Crippen molar-refractivity contribution in [2.24, 2.45) is 0 Å². The molecule has 1 N–H and O–H groups in total. The van der Waals surface area contributed by atoms with Gasteiger partial charge in [-0.15, -0.1) is 0 Å². The molecule has 1 amide bonds. The third-order valence-corrected chi connectivity index (χ3v) is 4.57. The molecule has 0 aliphatic carbocycles. The van der Waals surface area contributed by atoms with Crippen LogP contribution >= 0.6 is 0 Å². The Bertz CT molecular complexity index is 1100. The van der Waals surface area contributed by atoms with Gasteiger partial charge in [0.15, 0.2) is 0 Å². The minimum absolute atomic E-state index is 0.102. The summed E-state index contributed by atoms with van der Waals surface area (Å²) < 4.78 is 7.09. The summed E-state index contributed by atoms with van der Waals surface area (Å²) in [5, 5.41) is 0.425. The molecule has 1 aromatic heterocycles. The lowest BCUT2D eigenvalue weighted by atomic mass is 10.2. The number of para-hydroxylation sites is 1. The molecule has 0 atom stereocenters. The second kappa shape index (κ2) is 8.56. The number of ether oxygens (including phenoxy) is 1. The smallest absolute Gasteiger partial charge is 0.328 e. The zero-order valence-electron chi connectivity index (χ0n) is 16.0.